The Morgan fingerprint density at radius 3 is 2.86 bits per heavy atom. The van der Waals surface area contributed by atoms with Crippen molar-refractivity contribution in [2.45, 2.75) is 40.8 Å². The molecule has 1 fully saturated rings. The van der Waals surface area contributed by atoms with Crippen LogP contribution in [0.3, 0.4) is 0 Å². The predicted octanol–water partition coefficient (Wildman–Crippen LogP) is 1.77. The lowest BCUT2D eigenvalue weighted by Gasteiger charge is -2.37. The quantitative estimate of drug-likeness (QED) is 0.825. The number of ether oxygens (including phenoxy) is 1. The zero-order chi connectivity index (χ0) is 15.5. The predicted molar refractivity (Wildman–Crippen MR) is 86.2 cm³/mol. The van der Waals surface area contributed by atoms with E-state index in [1.54, 1.807) is 23.1 Å². The van der Waals surface area contributed by atoms with E-state index in [9.17, 15) is 4.79 Å². The summed E-state index contributed by atoms with van der Waals surface area (Å²) in [6.45, 7) is 0. The Morgan fingerprint density at radius 2 is 2.29 bits per heavy atom. The maximum absolute atomic E-state index is 12.1. The number of hydrogen-bond donors (Lipinski definition) is 1. The van der Waals surface area contributed by atoms with Crippen LogP contribution in [0.5, 0.6) is 0 Å². The molecule has 0 aromatic carbocycles. The van der Waals surface area contributed by atoms with Gasteiger partial charge in [0.25, 0.3) is 0 Å². The topological polar surface area (TPSA) is 67.3 Å². The van der Waals surface area contributed by atoms with Crippen LogP contribution in [0, 0.1) is 0 Å². The van der Waals surface area contributed by atoms with Crippen molar-refractivity contribution in [2.24, 2.45) is 0 Å². The molecule has 2 atom stereocenters. The number of rotatable bonds is 5. The van der Waals surface area contributed by atoms with E-state index >= 15 is 0 Å². The minimum absolute atomic E-state index is 0.165. The van der Waals surface area contributed by atoms with Crippen molar-refractivity contribution in [2.75, 3.05) is 33.2 Å². The second-order valence-corrected chi connectivity index (χ2v) is 7.91. The summed E-state index contributed by atoms with van der Waals surface area (Å²) in [4.78, 5) is 14.0. The van der Waals surface area contributed by atoms with Crippen molar-refractivity contribution in [3.8, 4) is 0 Å². The number of esters is 1. The highest BCUT2D eigenvalue weighted by Gasteiger charge is 2.43. The summed E-state index contributed by atoms with van der Waals surface area (Å²) >= 11 is 3.31. The molecule has 0 aliphatic heterocycles. The molecule has 21 heavy (non-hydrogen) atoms. The Hall–Kier alpha value is -0.860. The third-order valence-electron chi connectivity index (χ3n) is 3.81. The molecule has 0 amide bonds. The number of nitrogens with zero attached hydrogens (tertiary/aromatic N) is 3. The highest BCUT2D eigenvalue weighted by molar-refractivity contribution is 8.01. The second kappa shape index (κ2) is 6.93. The van der Waals surface area contributed by atoms with Crippen LogP contribution in [-0.4, -0.2) is 55.2 Å². The molecule has 2 unspecified atom stereocenters. The van der Waals surface area contributed by atoms with Crippen LogP contribution in [0.4, 0.5) is 5.13 Å². The van der Waals surface area contributed by atoms with Gasteiger partial charge in [-0.1, -0.05) is 23.1 Å². The number of aromatic nitrogens is 2. The maximum Gasteiger partial charge on any atom is 0.326 e. The first-order valence-electron chi connectivity index (χ1n) is 6.95. The zero-order valence-electron chi connectivity index (χ0n) is 12.9. The largest absolute Gasteiger partial charge is 0.468 e. The molecule has 0 radical (unpaired) electrons. The molecule has 1 aromatic heterocycles. The van der Waals surface area contributed by atoms with Gasteiger partial charge in [0.1, 0.15) is 5.54 Å². The minimum atomic E-state index is -0.556. The molecule has 8 heteroatoms. The van der Waals surface area contributed by atoms with Crippen molar-refractivity contribution in [3.05, 3.63) is 0 Å². The van der Waals surface area contributed by atoms with Gasteiger partial charge in [-0.15, -0.1) is 10.2 Å². The third-order valence-corrected chi connectivity index (χ3v) is 6.25. The Labute approximate surface area is 133 Å². The fourth-order valence-electron chi connectivity index (χ4n) is 2.61. The highest BCUT2D eigenvalue weighted by atomic mass is 32.2. The van der Waals surface area contributed by atoms with Crippen molar-refractivity contribution >= 4 is 34.2 Å². The van der Waals surface area contributed by atoms with Crippen molar-refractivity contribution < 1.29 is 9.53 Å². The van der Waals surface area contributed by atoms with Gasteiger partial charge in [0.2, 0.25) is 5.13 Å². The van der Waals surface area contributed by atoms with Crippen LogP contribution in [-0.2, 0) is 9.53 Å². The van der Waals surface area contributed by atoms with Gasteiger partial charge in [0.15, 0.2) is 4.34 Å². The van der Waals surface area contributed by atoms with E-state index in [2.05, 4.69) is 15.5 Å². The SMILES string of the molecule is CNC1(C(=O)OC)CCCC(Sc2nnc(N(C)C)s2)C1. The molecule has 1 saturated carbocycles. The van der Waals surface area contributed by atoms with Crippen LogP contribution >= 0.6 is 23.1 Å². The number of carbonyl (C=O) groups excluding carboxylic acids is 1. The number of nitrogens with one attached hydrogen (secondary N) is 1. The molecule has 118 valence electrons. The minimum Gasteiger partial charge on any atom is -0.468 e. The van der Waals surface area contributed by atoms with Gasteiger partial charge < -0.3 is 15.0 Å². The van der Waals surface area contributed by atoms with Gasteiger partial charge >= 0.3 is 5.97 Å². The summed E-state index contributed by atoms with van der Waals surface area (Å²) < 4.78 is 5.93. The van der Waals surface area contributed by atoms with Crippen molar-refractivity contribution in [1.29, 1.82) is 0 Å². The fraction of sp³-hybridized carbons (Fsp3) is 0.769. The number of likely N-dealkylation sites (N-methyl/N-ethyl adjacent to an activating group) is 1. The number of thioether (sulfide) groups is 1. The molecule has 1 N–H and O–H groups in total. The normalized spacial score (nSPS) is 25.6. The maximum atomic E-state index is 12.1. The molecule has 0 bridgehead atoms. The van der Waals surface area contributed by atoms with E-state index in [4.69, 9.17) is 4.74 Å². The van der Waals surface area contributed by atoms with Crippen LogP contribution < -0.4 is 10.2 Å². The molecule has 1 heterocycles. The lowest BCUT2D eigenvalue weighted by Crippen LogP contribution is -2.54. The average molecular weight is 330 g/mol. The Bertz CT molecular complexity index is 494. The van der Waals surface area contributed by atoms with Gasteiger partial charge in [-0.3, -0.25) is 4.79 Å². The number of methoxy groups -OCH3 is 1. The van der Waals surface area contributed by atoms with E-state index < -0.39 is 5.54 Å². The molecule has 2 rings (SSSR count). The van der Waals surface area contributed by atoms with Gasteiger partial charge in [0, 0.05) is 19.3 Å². The standard InChI is InChI=1S/C13H22N4O2S2/c1-14-13(10(18)19-4)7-5-6-9(8-13)20-12-16-15-11(21-12)17(2)3/h9,14H,5-8H2,1-4H3. The van der Waals surface area contributed by atoms with Gasteiger partial charge in [-0.2, -0.15) is 0 Å². The van der Waals surface area contributed by atoms with Crippen LogP contribution in [0.25, 0.3) is 0 Å². The van der Waals surface area contributed by atoms with Crippen LogP contribution in [0.2, 0.25) is 0 Å². The summed E-state index contributed by atoms with van der Waals surface area (Å²) in [6, 6.07) is 0. The number of carbonyl (C=O) groups is 1. The Balaban J connectivity index is 2.04. The molecule has 0 spiro atoms. The summed E-state index contributed by atoms with van der Waals surface area (Å²) in [5, 5.41) is 12.8. The lowest BCUT2D eigenvalue weighted by molar-refractivity contribution is -0.149. The Morgan fingerprint density at radius 1 is 1.52 bits per heavy atom. The number of hydrogen-bond acceptors (Lipinski definition) is 8. The first-order valence-corrected chi connectivity index (χ1v) is 8.65. The van der Waals surface area contributed by atoms with Crippen molar-refractivity contribution in [3.63, 3.8) is 0 Å². The second-order valence-electron chi connectivity index (χ2n) is 5.40. The summed E-state index contributed by atoms with van der Waals surface area (Å²) in [5.74, 6) is -0.165. The van der Waals surface area contributed by atoms with E-state index in [0.29, 0.717) is 5.25 Å². The lowest BCUT2D eigenvalue weighted by atomic mass is 9.81. The Kier molecular flexibility index (Phi) is 5.45. The molecular formula is C13H22N4O2S2. The molecule has 1 aliphatic carbocycles. The first kappa shape index (κ1) is 16.5. The smallest absolute Gasteiger partial charge is 0.326 e. The molecule has 1 aliphatic rings. The fourth-order valence-corrected chi connectivity index (χ4v) is 4.96. The highest BCUT2D eigenvalue weighted by Crippen LogP contribution is 2.40. The summed E-state index contributed by atoms with van der Waals surface area (Å²) in [7, 11) is 7.20. The first-order chi connectivity index (χ1) is 10.0. The van der Waals surface area contributed by atoms with E-state index in [1.807, 2.05) is 26.0 Å². The molecule has 6 nitrogen and oxygen atoms in total. The van der Waals surface area contributed by atoms with Crippen molar-refractivity contribution in [1.82, 2.24) is 15.5 Å². The van der Waals surface area contributed by atoms with Gasteiger partial charge in [-0.05, 0) is 32.7 Å². The average Bonchev–Trinajstić information content (AvgIpc) is 2.95. The van der Waals surface area contributed by atoms with E-state index in [-0.39, 0.29) is 5.97 Å². The van der Waals surface area contributed by atoms with E-state index in [0.717, 1.165) is 35.2 Å². The molecular weight excluding hydrogens is 308 g/mol. The number of anilines is 1. The van der Waals surface area contributed by atoms with Gasteiger partial charge in [-0.25, -0.2) is 0 Å². The molecule has 0 saturated heterocycles. The zero-order valence-corrected chi connectivity index (χ0v) is 14.5. The summed E-state index contributed by atoms with van der Waals surface area (Å²) in [5.41, 5.74) is -0.556. The van der Waals surface area contributed by atoms with Crippen LogP contribution in [0.15, 0.2) is 4.34 Å². The summed E-state index contributed by atoms with van der Waals surface area (Å²) in [6.07, 6.45) is 3.68. The van der Waals surface area contributed by atoms with Gasteiger partial charge in [0.05, 0.1) is 7.11 Å². The third kappa shape index (κ3) is 3.67. The van der Waals surface area contributed by atoms with E-state index in [1.165, 1.54) is 7.11 Å². The monoisotopic (exact) mass is 330 g/mol. The molecule has 1 aromatic rings. The van der Waals surface area contributed by atoms with Crippen LogP contribution in [0.1, 0.15) is 25.7 Å².